The number of benzene rings is 2. The van der Waals surface area contributed by atoms with Gasteiger partial charge in [0.1, 0.15) is 5.71 Å². The summed E-state index contributed by atoms with van der Waals surface area (Å²) in [5.41, 5.74) is 2.95. The summed E-state index contributed by atoms with van der Waals surface area (Å²) in [6.07, 6.45) is 4.36. The van der Waals surface area contributed by atoms with Crippen LogP contribution >= 0.6 is 0 Å². The number of carbonyl (C=O) groups is 1. The van der Waals surface area contributed by atoms with Gasteiger partial charge in [-0.15, -0.1) is 5.10 Å². The van der Waals surface area contributed by atoms with E-state index in [9.17, 15) is 4.79 Å². The van der Waals surface area contributed by atoms with Crippen LogP contribution in [0.25, 0.3) is 0 Å². The maximum absolute atomic E-state index is 12.9. The van der Waals surface area contributed by atoms with Crippen LogP contribution in [0, 0.1) is 5.92 Å². The summed E-state index contributed by atoms with van der Waals surface area (Å²) in [5.74, 6) is 0.563. The number of hydrogen-bond acceptors (Lipinski definition) is 3. The maximum Gasteiger partial charge on any atom is 0.213 e. The fraction of sp³-hybridized carbons (Fsp3) is 0.286. The van der Waals surface area contributed by atoms with Crippen molar-refractivity contribution in [1.82, 2.24) is 0 Å². The normalized spacial score (nSPS) is 20.1. The van der Waals surface area contributed by atoms with Crippen LogP contribution in [0.3, 0.4) is 0 Å². The average molecular weight is 318 g/mol. The first kappa shape index (κ1) is 16.3. The van der Waals surface area contributed by atoms with Gasteiger partial charge in [0.25, 0.3) is 0 Å². The van der Waals surface area contributed by atoms with Gasteiger partial charge < -0.3 is 0 Å². The molecule has 0 heterocycles. The molecular weight excluding hydrogens is 296 g/mol. The van der Waals surface area contributed by atoms with E-state index < -0.39 is 0 Å². The van der Waals surface area contributed by atoms with Crippen molar-refractivity contribution in [3.63, 3.8) is 0 Å². The molecule has 0 unspecified atom stereocenters. The van der Waals surface area contributed by atoms with Crippen molar-refractivity contribution in [2.24, 2.45) is 16.1 Å². The van der Waals surface area contributed by atoms with Crippen LogP contribution in [-0.2, 0) is 0 Å². The van der Waals surface area contributed by atoms with Gasteiger partial charge >= 0.3 is 0 Å². The van der Waals surface area contributed by atoms with Crippen LogP contribution in [0.1, 0.15) is 48.5 Å². The van der Waals surface area contributed by atoms with E-state index in [0.717, 1.165) is 30.5 Å². The van der Waals surface area contributed by atoms with Crippen molar-refractivity contribution in [3.8, 4) is 0 Å². The summed E-state index contributed by atoms with van der Waals surface area (Å²) in [7, 11) is 0. The van der Waals surface area contributed by atoms with E-state index in [0.29, 0.717) is 17.2 Å². The molecule has 1 atom stereocenters. The van der Waals surface area contributed by atoms with E-state index in [1.165, 1.54) is 6.42 Å². The zero-order valence-corrected chi connectivity index (χ0v) is 14.0. The Morgan fingerprint density at radius 3 is 2.21 bits per heavy atom. The Labute approximate surface area is 143 Å². The molecule has 0 saturated heterocycles. The van der Waals surface area contributed by atoms with Gasteiger partial charge in [-0.1, -0.05) is 67.6 Å². The first-order valence-corrected chi connectivity index (χ1v) is 8.52. The quantitative estimate of drug-likeness (QED) is 0.448. The second-order valence-electron chi connectivity index (χ2n) is 6.38. The lowest BCUT2D eigenvalue weighted by atomic mass is 9.89. The molecule has 2 aromatic carbocycles. The van der Waals surface area contributed by atoms with E-state index in [2.05, 4.69) is 17.1 Å². The molecule has 0 bridgehead atoms. The number of hydrogen-bond donors (Lipinski definition) is 0. The summed E-state index contributed by atoms with van der Waals surface area (Å²) in [6.45, 7) is 2.24. The van der Waals surface area contributed by atoms with Gasteiger partial charge in [0, 0.05) is 16.8 Å². The van der Waals surface area contributed by atoms with E-state index in [-0.39, 0.29) is 5.78 Å². The minimum absolute atomic E-state index is 0.0880. The third-order valence-corrected chi connectivity index (χ3v) is 4.34. The Hall–Kier alpha value is -2.55. The van der Waals surface area contributed by atoms with Gasteiger partial charge in [-0.3, -0.25) is 4.79 Å². The van der Waals surface area contributed by atoms with Gasteiger partial charge in [-0.25, -0.2) is 0 Å². The zero-order valence-electron chi connectivity index (χ0n) is 14.0. The minimum Gasteiger partial charge on any atom is -0.287 e. The molecule has 0 N–H and O–H groups in total. The highest BCUT2D eigenvalue weighted by Gasteiger charge is 2.17. The molecular formula is C21H22N2O. The lowest BCUT2D eigenvalue weighted by Crippen LogP contribution is -2.17. The Balaban J connectivity index is 1.95. The SMILES string of the molecule is C[C@H]1CCC/C(=N/N=C(\C(=O)c2ccccc2)c2ccccc2)C1. The van der Waals surface area contributed by atoms with Crippen LogP contribution in [-0.4, -0.2) is 17.2 Å². The molecule has 122 valence electrons. The van der Waals surface area contributed by atoms with E-state index in [1.54, 1.807) is 0 Å². The molecule has 1 aliphatic carbocycles. The highest BCUT2D eigenvalue weighted by molar-refractivity contribution is 6.51. The van der Waals surface area contributed by atoms with Crippen LogP contribution in [0.15, 0.2) is 70.9 Å². The number of carbonyl (C=O) groups excluding carboxylic acids is 1. The van der Waals surface area contributed by atoms with Crippen LogP contribution < -0.4 is 0 Å². The molecule has 0 amide bonds. The van der Waals surface area contributed by atoms with Gasteiger partial charge in [0.15, 0.2) is 0 Å². The molecule has 0 aromatic heterocycles. The van der Waals surface area contributed by atoms with Crippen molar-refractivity contribution in [3.05, 3.63) is 71.8 Å². The summed E-state index contributed by atoms with van der Waals surface area (Å²) in [4.78, 5) is 12.9. The van der Waals surface area contributed by atoms with Crippen LogP contribution in [0.4, 0.5) is 0 Å². The number of Topliss-reactive ketones (excluding diaryl/α,β-unsaturated/α-hetero) is 1. The van der Waals surface area contributed by atoms with Crippen molar-refractivity contribution < 1.29 is 4.79 Å². The van der Waals surface area contributed by atoms with E-state index in [4.69, 9.17) is 0 Å². The predicted molar refractivity (Wildman–Crippen MR) is 98.8 cm³/mol. The summed E-state index contributed by atoms with van der Waals surface area (Å²) in [5, 5.41) is 8.82. The van der Waals surface area contributed by atoms with Gasteiger partial charge in [0.05, 0.1) is 0 Å². The first-order valence-electron chi connectivity index (χ1n) is 8.52. The lowest BCUT2D eigenvalue weighted by molar-refractivity contribution is 0.106. The highest BCUT2D eigenvalue weighted by Crippen LogP contribution is 2.21. The Bertz CT molecular complexity index is 748. The van der Waals surface area contributed by atoms with Crippen LogP contribution in [0.5, 0.6) is 0 Å². The minimum atomic E-state index is -0.0880. The molecule has 3 heteroatoms. The standard InChI is InChI=1S/C21H22N2O/c1-16-9-8-14-19(15-16)22-23-20(17-10-4-2-5-11-17)21(24)18-12-6-3-7-13-18/h2-7,10-13,16H,8-9,14-15H2,1H3/b22-19-,23-20-/t16-/m0/s1. The van der Waals surface area contributed by atoms with Crippen molar-refractivity contribution in [2.45, 2.75) is 32.6 Å². The fourth-order valence-electron chi connectivity index (χ4n) is 3.03. The second kappa shape index (κ2) is 7.82. The Kier molecular flexibility index (Phi) is 5.32. The Morgan fingerprint density at radius 2 is 1.58 bits per heavy atom. The van der Waals surface area contributed by atoms with Crippen molar-refractivity contribution in [1.29, 1.82) is 0 Å². The van der Waals surface area contributed by atoms with Gasteiger partial charge in [-0.05, 0) is 31.6 Å². The molecule has 0 spiro atoms. The Morgan fingerprint density at radius 1 is 0.958 bits per heavy atom. The number of nitrogens with zero attached hydrogens (tertiary/aromatic N) is 2. The monoisotopic (exact) mass is 318 g/mol. The maximum atomic E-state index is 12.9. The average Bonchev–Trinajstić information content (AvgIpc) is 2.63. The second-order valence-corrected chi connectivity index (χ2v) is 6.38. The van der Waals surface area contributed by atoms with Crippen molar-refractivity contribution in [2.75, 3.05) is 0 Å². The molecule has 3 nitrogen and oxygen atoms in total. The molecule has 0 radical (unpaired) electrons. The molecule has 1 aliphatic rings. The van der Waals surface area contributed by atoms with E-state index >= 15 is 0 Å². The largest absolute Gasteiger partial charge is 0.287 e. The third kappa shape index (κ3) is 4.05. The zero-order chi connectivity index (χ0) is 16.8. The third-order valence-electron chi connectivity index (χ3n) is 4.34. The molecule has 2 aromatic rings. The first-order chi connectivity index (χ1) is 11.7. The topological polar surface area (TPSA) is 41.8 Å². The summed E-state index contributed by atoms with van der Waals surface area (Å²) >= 11 is 0. The molecule has 0 aliphatic heterocycles. The summed E-state index contributed by atoms with van der Waals surface area (Å²) < 4.78 is 0. The lowest BCUT2D eigenvalue weighted by Gasteiger charge is -2.18. The van der Waals surface area contributed by atoms with E-state index in [1.807, 2.05) is 60.7 Å². The van der Waals surface area contributed by atoms with Gasteiger partial charge in [0.2, 0.25) is 5.78 Å². The molecule has 3 rings (SSSR count). The van der Waals surface area contributed by atoms with Crippen molar-refractivity contribution >= 4 is 17.2 Å². The molecule has 24 heavy (non-hydrogen) atoms. The predicted octanol–water partition coefficient (Wildman–Crippen LogP) is 4.92. The number of rotatable bonds is 4. The number of ketones is 1. The molecule has 1 saturated carbocycles. The van der Waals surface area contributed by atoms with Gasteiger partial charge in [-0.2, -0.15) is 5.10 Å². The van der Waals surface area contributed by atoms with Crippen LogP contribution in [0.2, 0.25) is 0 Å². The summed E-state index contributed by atoms with van der Waals surface area (Å²) in [6, 6.07) is 18.8. The molecule has 1 fully saturated rings. The highest BCUT2D eigenvalue weighted by atomic mass is 16.1. The fourth-order valence-corrected chi connectivity index (χ4v) is 3.03. The smallest absolute Gasteiger partial charge is 0.213 e.